The minimum atomic E-state index is -0.769. The molecule has 186 valence electrons. The van der Waals surface area contributed by atoms with Crippen LogP contribution in [0.4, 0.5) is 0 Å². The molecule has 2 heterocycles. The summed E-state index contributed by atoms with van der Waals surface area (Å²) in [5, 5.41) is 13.8. The monoisotopic (exact) mass is 480 g/mol. The van der Waals surface area contributed by atoms with Crippen LogP contribution in [0.25, 0.3) is 32.8 Å². The van der Waals surface area contributed by atoms with E-state index in [1.165, 1.54) is 29.2 Å². The highest BCUT2D eigenvalue weighted by Crippen LogP contribution is 2.37. The van der Waals surface area contributed by atoms with Crippen molar-refractivity contribution < 1.29 is 9.90 Å². The van der Waals surface area contributed by atoms with E-state index in [2.05, 4.69) is 74.2 Å². The van der Waals surface area contributed by atoms with E-state index in [1.807, 2.05) is 18.3 Å². The largest absolute Gasteiger partial charge is 0.481 e. The number of nitrogens with zero attached hydrogens (tertiary/aromatic N) is 2. The van der Waals surface area contributed by atoms with Crippen LogP contribution in [0, 0.1) is 11.3 Å². The smallest absolute Gasteiger partial charge is 0.303 e. The predicted octanol–water partition coefficient (Wildman–Crippen LogP) is 7.33. The van der Waals surface area contributed by atoms with Crippen LogP contribution in [-0.4, -0.2) is 34.0 Å². The highest BCUT2D eigenvalue weighted by molar-refractivity contribution is 6.05. The Morgan fingerprint density at radius 3 is 2.25 bits per heavy atom. The summed E-state index contributed by atoms with van der Waals surface area (Å²) < 4.78 is 0. The first-order valence-corrected chi connectivity index (χ1v) is 13.1. The average molecular weight is 481 g/mol. The Bertz CT molecular complexity index is 1390. The first-order chi connectivity index (χ1) is 17.3. The van der Waals surface area contributed by atoms with Gasteiger partial charge in [0.25, 0.3) is 0 Å². The highest BCUT2D eigenvalue weighted by atomic mass is 16.4. The second kappa shape index (κ2) is 10.0. The van der Waals surface area contributed by atoms with Crippen molar-refractivity contribution >= 4 is 27.5 Å². The Hall–Kier alpha value is -3.24. The zero-order chi connectivity index (χ0) is 25.3. The number of hydrogen-bond donors (Lipinski definition) is 1. The molecule has 1 aliphatic rings. The maximum atomic E-state index is 11.2. The van der Waals surface area contributed by atoms with Gasteiger partial charge in [0.1, 0.15) is 0 Å². The number of benzene rings is 3. The second-order valence-electron chi connectivity index (χ2n) is 11.3. The second-order valence-corrected chi connectivity index (χ2v) is 11.3. The van der Waals surface area contributed by atoms with Gasteiger partial charge in [0.2, 0.25) is 0 Å². The standard InChI is InChI=1S/C32H36N2O2/c1-32(2,3)24-16-19-34(20-17-24)21-23-8-5-11-28-26(23)15-18-33-31(28)29-12-6-9-25-22(13-14-30(35)36)7-4-10-27(25)29/h4-12,15,18,24H,13-14,16-17,19-21H2,1-3H3,(H,35,36). The topological polar surface area (TPSA) is 53.4 Å². The molecule has 3 aromatic carbocycles. The van der Waals surface area contributed by atoms with Gasteiger partial charge in [0.05, 0.1) is 5.69 Å². The molecule has 36 heavy (non-hydrogen) atoms. The number of hydrogen-bond acceptors (Lipinski definition) is 3. The Morgan fingerprint density at radius 2 is 1.53 bits per heavy atom. The molecule has 0 radical (unpaired) electrons. The van der Waals surface area contributed by atoms with Gasteiger partial charge in [-0.1, -0.05) is 75.4 Å². The summed E-state index contributed by atoms with van der Waals surface area (Å²) >= 11 is 0. The number of fused-ring (bicyclic) bond motifs is 2. The fourth-order valence-electron chi connectivity index (χ4n) is 5.86. The highest BCUT2D eigenvalue weighted by Gasteiger charge is 2.28. The van der Waals surface area contributed by atoms with Crippen LogP contribution in [0.3, 0.4) is 0 Å². The number of carbonyl (C=O) groups is 1. The number of likely N-dealkylation sites (tertiary alicyclic amines) is 1. The lowest BCUT2D eigenvalue weighted by atomic mass is 9.75. The molecule has 4 nitrogen and oxygen atoms in total. The Morgan fingerprint density at radius 1 is 0.889 bits per heavy atom. The van der Waals surface area contributed by atoms with E-state index in [0.29, 0.717) is 11.8 Å². The third kappa shape index (κ3) is 5.01. The van der Waals surface area contributed by atoms with E-state index < -0.39 is 5.97 Å². The van der Waals surface area contributed by atoms with Crippen LogP contribution in [0.5, 0.6) is 0 Å². The summed E-state index contributed by atoms with van der Waals surface area (Å²) in [6, 6.07) is 21.2. The molecule has 1 aliphatic heterocycles. The lowest BCUT2D eigenvalue weighted by molar-refractivity contribution is -0.136. The van der Waals surface area contributed by atoms with Crippen molar-refractivity contribution in [2.75, 3.05) is 13.1 Å². The van der Waals surface area contributed by atoms with Gasteiger partial charge in [0, 0.05) is 30.1 Å². The number of carboxylic acids is 1. The van der Waals surface area contributed by atoms with Crippen LogP contribution in [0.15, 0.2) is 66.9 Å². The molecule has 1 aromatic heterocycles. The molecule has 4 aromatic rings. The summed E-state index contributed by atoms with van der Waals surface area (Å²) in [4.78, 5) is 18.6. The van der Waals surface area contributed by atoms with Crippen LogP contribution in [-0.2, 0) is 17.8 Å². The minimum absolute atomic E-state index is 0.131. The molecule has 0 saturated carbocycles. The summed E-state index contributed by atoms with van der Waals surface area (Å²) in [7, 11) is 0. The van der Waals surface area contributed by atoms with Crippen LogP contribution >= 0.6 is 0 Å². The molecule has 1 fully saturated rings. The molecule has 0 bridgehead atoms. The lowest BCUT2D eigenvalue weighted by Gasteiger charge is -2.38. The van der Waals surface area contributed by atoms with Gasteiger partial charge in [-0.15, -0.1) is 0 Å². The van der Waals surface area contributed by atoms with Gasteiger partial charge < -0.3 is 5.11 Å². The molecule has 5 rings (SSSR count). The molecule has 0 atom stereocenters. The Balaban J connectivity index is 1.49. The average Bonchev–Trinajstić information content (AvgIpc) is 2.87. The molecule has 1 saturated heterocycles. The van der Waals surface area contributed by atoms with E-state index in [-0.39, 0.29) is 6.42 Å². The molecule has 0 amide bonds. The number of rotatable bonds is 6. The fraction of sp³-hybridized carbons (Fsp3) is 0.375. The quantitative estimate of drug-likeness (QED) is 0.314. The summed E-state index contributed by atoms with van der Waals surface area (Å²) in [6.45, 7) is 10.4. The van der Waals surface area contributed by atoms with E-state index >= 15 is 0 Å². The summed E-state index contributed by atoms with van der Waals surface area (Å²) in [6.07, 6.45) is 5.12. The maximum Gasteiger partial charge on any atom is 0.303 e. The van der Waals surface area contributed by atoms with Gasteiger partial charge in [-0.2, -0.15) is 0 Å². The van der Waals surface area contributed by atoms with Gasteiger partial charge in [-0.25, -0.2) is 0 Å². The van der Waals surface area contributed by atoms with Crippen LogP contribution in [0.2, 0.25) is 0 Å². The summed E-state index contributed by atoms with van der Waals surface area (Å²) in [5.41, 5.74) is 4.89. The molecular weight excluding hydrogens is 444 g/mol. The maximum absolute atomic E-state index is 11.2. The third-order valence-electron chi connectivity index (χ3n) is 7.98. The Labute approximate surface area is 214 Å². The van der Waals surface area contributed by atoms with Crippen LogP contribution in [0.1, 0.15) is 51.2 Å². The van der Waals surface area contributed by atoms with Crippen molar-refractivity contribution in [2.24, 2.45) is 11.3 Å². The molecule has 4 heteroatoms. The van der Waals surface area contributed by atoms with E-state index in [4.69, 9.17) is 4.98 Å². The molecule has 0 unspecified atom stereocenters. The van der Waals surface area contributed by atoms with E-state index in [9.17, 15) is 9.90 Å². The van der Waals surface area contributed by atoms with Crippen molar-refractivity contribution in [1.29, 1.82) is 0 Å². The van der Waals surface area contributed by atoms with Crippen molar-refractivity contribution in [3.05, 3.63) is 78.0 Å². The Kier molecular flexibility index (Phi) is 6.81. The molecule has 0 aliphatic carbocycles. The minimum Gasteiger partial charge on any atom is -0.481 e. The lowest BCUT2D eigenvalue weighted by Crippen LogP contribution is -2.37. The van der Waals surface area contributed by atoms with Crippen molar-refractivity contribution in [1.82, 2.24) is 9.88 Å². The number of carboxylic acid groups (broad SMARTS) is 1. The molecule has 1 N–H and O–H groups in total. The molecule has 0 spiro atoms. The normalized spacial score (nSPS) is 15.5. The number of pyridine rings is 1. The first kappa shape index (κ1) is 24.5. The first-order valence-electron chi connectivity index (χ1n) is 13.1. The number of aliphatic carboxylic acids is 1. The van der Waals surface area contributed by atoms with Crippen molar-refractivity contribution in [3.63, 3.8) is 0 Å². The third-order valence-corrected chi connectivity index (χ3v) is 7.98. The van der Waals surface area contributed by atoms with Gasteiger partial charge >= 0.3 is 5.97 Å². The van der Waals surface area contributed by atoms with Gasteiger partial charge in [-0.05, 0) is 77.0 Å². The number of aromatic nitrogens is 1. The van der Waals surface area contributed by atoms with E-state index in [1.54, 1.807) is 0 Å². The van der Waals surface area contributed by atoms with Crippen molar-refractivity contribution in [2.45, 2.75) is 53.0 Å². The van der Waals surface area contributed by atoms with Crippen molar-refractivity contribution in [3.8, 4) is 11.3 Å². The SMILES string of the molecule is CC(C)(C)C1CCN(Cc2cccc3c(-c4cccc5c(CCC(=O)O)cccc45)nccc23)CC1. The summed E-state index contributed by atoms with van der Waals surface area (Å²) in [5.74, 6) is 0.0258. The van der Waals surface area contributed by atoms with Gasteiger partial charge in [-0.3, -0.25) is 14.7 Å². The zero-order valence-corrected chi connectivity index (χ0v) is 21.6. The fourth-order valence-corrected chi connectivity index (χ4v) is 5.86. The number of piperidine rings is 1. The molecular formula is C32H36N2O2. The number of aryl methyl sites for hydroxylation is 1. The van der Waals surface area contributed by atoms with Gasteiger partial charge in [0.15, 0.2) is 0 Å². The zero-order valence-electron chi connectivity index (χ0n) is 21.6. The van der Waals surface area contributed by atoms with E-state index in [0.717, 1.165) is 53.1 Å². The predicted molar refractivity (Wildman–Crippen MR) is 148 cm³/mol. The van der Waals surface area contributed by atoms with Crippen LogP contribution < -0.4 is 0 Å².